The van der Waals surface area contributed by atoms with Crippen molar-refractivity contribution in [3.63, 3.8) is 0 Å². The van der Waals surface area contributed by atoms with Gasteiger partial charge in [-0.1, -0.05) is 12.1 Å². The Bertz CT molecular complexity index is 933. The van der Waals surface area contributed by atoms with Crippen molar-refractivity contribution in [2.24, 2.45) is 4.99 Å². The molecule has 0 amide bonds. The standard InChI is InChI=1S/C19H25FN4O2S2/c1-21-19(22-11-12-28(25,26)17-10-6-3-7-14(17)20)24(2)13-18-23-15-8-4-5-9-16(15)27-18/h3,6-7,10H,4-5,8-9,11-13H2,1-2H3,(H,21,22). The van der Waals surface area contributed by atoms with Gasteiger partial charge in [-0.15, -0.1) is 11.3 Å². The Morgan fingerprint density at radius 2 is 2.07 bits per heavy atom. The van der Waals surface area contributed by atoms with E-state index in [1.54, 1.807) is 18.4 Å². The highest BCUT2D eigenvalue weighted by atomic mass is 32.2. The van der Waals surface area contributed by atoms with Crippen LogP contribution in [-0.4, -0.2) is 50.7 Å². The molecule has 0 bridgehead atoms. The Kier molecular flexibility index (Phi) is 6.66. The summed E-state index contributed by atoms with van der Waals surface area (Å²) in [5.74, 6) is -0.361. The number of sulfone groups is 1. The second kappa shape index (κ2) is 9.00. The van der Waals surface area contributed by atoms with Crippen LogP contribution in [0.3, 0.4) is 0 Å². The number of thiazole rings is 1. The molecule has 0 saturated carbocycles. The SMILES string of the molecule is CN=C(NCCS(=O)(=O)c1ccccc1F)N(C)Cc1nc2c(s1)CCCC2. The molecule has 0 radical (unpaired) electrons. The van der Waals surface area contributed by atoms with Crippen LogP contribution in [0.1, 0.15) is 28.4 Å². The Hall–Kier alpha value is -2.00. The zero-order valence-electron chi connectivity index (χ0n) is 16.1. The molecule has 0 atom stereocenters. The Morgan fingerprint density at radius 3 is 2.79 bits per heavy atom. The van der Waals surface area contributed by atoms with E-state index in [1.807, 2.05) is 11.9 Å². The van der Waals surface area contributed by atoms with Crippen LogP contribution in [0.4, 0.5) is 4.39 Å². The average molecular weight is 425 g/mol. The van der Waals surface area contributed by atoms with Crippen LogP contribution in [-0.2, 0) is 29.2 Å². The number of benzene rings is 1. The van der Waals surface area contributed by atoms with E-state index in [9.17, 15) is 12.8 Å². The lowest BCUT2D eigenvalue weighted by Gasteiger charge is -2.21. The molecule has 1 aromatic carbocycles. The molecule has 0 fully saturated rings. The Morgan fingerprint density at radius 1 is 1.32 bits per heavy atom. The van der Waals surface area contributed by atoms with Crippen LogP contribution in [0, 0.1) is 5.82 Å². The quantitative estimate of drug-likeness (QED) is 0.570. The monoisotopic (exact) mass is 424 g/mol. The third-order valence-electron chi connectivity index (χ3n) is 4.66. The van der Waals surface area contributed by atoms with E-state index in [4.69, 9.17) is 4.98 Å². The molecule has 2 aromatic rings. The first-order valence-corrected chi connectivity index (χ1v) is 11.7. The molecule has 0 spiro atoms. The highest BCUT2D eigenvalue weighted by Crippen LogP contribution is 2.27. The molecule has 0 aliphatic heterocycles. The number of nitrogens with zero attached hydrogens (tertiary/aromatic N) is 3. The maximum Gasteiger partial charge on any atom is 0.193 e. The summed E-state index contributed by atoms with van der Waals surface area (Å²) in [5.41, 5.74) is 1.22. The number of fused-ring (bicyclic) bond motifs is 1. The van der Waals surface area contributed by atoms with Gasteiger partial charge in [0.2, 0.25) is 0 Å². The zero-order valence-corrected chi connectivity index (χ0v) is 17.7. The van der Waals surface area contributed by atoms with Gasteiger partial charge in [-0.05, 0) is 37.8 Å². The van der Waals surface area contributed by atoms with Crippen LogP contribution in [0.25, 0.3) is 0 Å². The van der Waals surface area contributed by atoms with Gasteiger partial charge in [0.25, 0.3) is 0 Å². The highest BCUT2D eigenvalue weighted by Gasteiger charge is 2.20. The number of nitrogens with one attached hydrogen (secondary N) is 1. The number of hydrogen-bond acceptors (Lipinski definition) is 5. The van der Waals surface area contributed by atoms with Crippen molar-refractivity contribution >= 4 is 27.1 Å². The Labute approximate surface area is 169 Å². The van der Waals surface area contributed by atoms with Gasteiger partial charge >= 0.3 is 0 Å². The maximum absolute atomic E-state index is 13.8. The predicted molar refractivity (Wildman–Crippen MR) is 110 cm³/mol. The normalized spacial score (nSPS) is 14.6. The third kappa shape index (κ3) is 4.88. The molecule has 1 aromatic heterocycles. The largest absolute Gasteiger partial charge is 0.355 e. The average Bonchev–Trinajstić information content (AvgIpc) is 3.07. The van der Waals surface area contributed by atoms with Gasteiger partial charge < -0.3 is 10.2 Å². The van der Waals surface area contributed by atoms with E-state index < -0.39 is 15.7 Å². The van der Waals surface area contributed by atoms with Crippen molar-refractivity contribution < 1.29 is 12.8 Å². The molecule has 28 heavy (non-hydrogen) atoms. The lowest BCUT2D eigenvalue weighted by molar-refractivity contribution is 0.476. The van der Waals surface area contributed by atoms with Crippen molar-refractivity contribution in [1.82, 2.24) is 15.2 Å². The second-order valence-electron chi connectivity index (χ2n) is 6.76. The fraction of sp³-hybridized carbons (Fsp3) is 0.474. The minimum Gasteiger partial charge on any atom is -0.355 e. The first-order valence-electron chi connectivity index (χ1n) is 9.27. The van der Waals surface area contributed by atoms with Crippen molar-refractivity contribution in [1.29, 1.82) is 0 Å². The van der Waals surface area contributed by atoms with E-state index in [1.165, 1.54) is 41.6 Å². The molecule has 6 nitrogen and oxygen atoms in total. The smallest absolute Gasteiger partial charge is 0.193 e. The molecule has 0 saturated heterocycles. The lowest BCUT2D eigenvalue weighted by Crippen LogP contribution is -2.40. The molecule has 152 valence electrons. The number of aryl methyl sites for hydroxylation is 2. The summed E-state index contributed by atoms with van der Waals surface area (Å²) in [6.45, 7) is 0.749. The number of hydrogen-bond donors (Lipinski definition) is 1. The molecule has 1 N–H and O–H groups in total. The van der Waals surface area contributed by atoms with Crippen molar-refractivity contribution in [3.8, 4) is 0 Å². The number of rotatable bonds is 6. The minimum atomic E-state index is -3.70. The van der Waals surface area contributed by atoms with Crippen molar-refractivity contribution in [3.05, 3.63) is 45.7 Å². The fourth-order valence-corrected chi connectivity index (χ4v) is 5.69. The van der Waals surface area contributed by atoms with E-state index in [0.29, 0.717) is 12.5 Å². The first-order chi connectivity index (χ1) is 13.4. The van der Waals surface area contributed by atoms with Crippen LogP contribution >= 0.6 is 11.3 Å². The summed E-state index contributed by atoms with van der Waals surface area (Å²) in [6, 6.07) is 5.43. The molecule has 1 heterocycles. The summed E-state index contributed by atoms with van der Waals surface area (Å²) in [6.07, 6.45) is 4.59. The summed E-state index contributed by atoms with van der Waals surface area (Å²) in [7, 11) is -0.163. The van der Waals surface area contributed by atoms with Gasteiger partial charge in [0.1, 0.15) is 15.7 Å². The van der Waals surface area contributed by atoms with Crippen LogP contribution in [0.5, 0.6) is 0 Å². The number of aliphatic imine (C=N–C) groups is 1. The number of guanidine groups is 1. The summed E-state index contributed by atoms with van der Waals surface area (Å²) in [5, 5.41) is 4.09. The number of aromatic nitrogens is 1. The molecular formula is C19H25FN4O2S2. The van der Waals surface area contributed by atoms with Gasteiger partial charge in [0.15, 0.2) is 15.8 Å². The van der Waals surface area contributed by atoms with Crippen LogP contribution in [0.2, 0.25) is 0 Å². The van der Waals surface area contributed by atoms with E-state index in [-0.39, 0.29) is 17.2 Å². The van der Waals surface area contributed by atoms with Gasteiger partial charge in [0, 0.05) is 25.5 Å². The topological polar surface area (TPSA) is 74.7 Å². The molecule has 1 aliphatic rings. The molecule has 0 unspecified atom stereocenters. The highest BCUT2D eigenvalue weighted by molar-refractivity contribution is 7.91. The van der Waals surface area contributed by atoms with Gasteiger partial charge in [-0.2, -0.15) is 0 Å². The Balaban J connectivity index is 1.57. The summed E-state index contributed by atoms with van der Waals surface area (Å²) in [4.78, 5) is 12.0. The molecular weight excluding hydrogens is 399 g/mol. The van der Waals surface area contributed by atoms with Crippen LogP contribution in [0.15, 0.2) is 34.2 Å². The number of halogens is 1. The van der Waals surface area contributed by atoms with Crippen molar-refractivity contribution in [2.45, 2.75) is 37.1 Å². The lowest BCUT2D eigenvalue weighted by atomic mass is 10.0. The maximum atomic E-state index is 13.8. The zero-order chi connectivity index (χ0) is 20.1. The van der Waals surface area contributed by atoms with Crippen LogP contribution < -0.4 is 5.32 Å². The molecule has 9 heteroatoms. The summed E-state index contributed by atoms with van der Waals surface area (Å²) >= 11 is 1.75. The molecule has 1 aliphatic carbocycles. The van der Waals surface area contributed by atoms with Crippen molar-refractivity contribution in [2.75, 3.05) is 26.4 Å². The van der Waals surface area contributed by atoms with Gasteiger partial charge in [-0.3, -0.25) is 4.99 Å². The summed E-state index contributed by atoms with van der Waals surface area (Å²) < 4.78 is 38.5. The van der Waals surface area contributed by atoms with Gasteiger partial charge in [-0.25, -0.2) is 17.8 Å². The van der Waals surface area contributed by atoms with Gasteiger partial charge in [0.05, 0.1) is 18.0 Å². The molecule has 3 rings (SSSR count). The minimum absolute atomic E-state index is 0.141. The van der Waals surface area contributed by atoms with E-state index >= 15 is 0 Å². The first kappa shape index (κ1) is 20.7. The second-order valence-corrected chi connectivity index (χ2v) is 10.0. The van der Waals surface area contributed by atoms with E-state index in [2.05, 4.69) is 10.3 Å². The van der Waals surface area contributed by atoms with E-state index in [0.717, 1.165) is 23.9 Å². The fourth-order valence-electron chi connectivity index (χ4n) is 3.24. The third-order valence-corrected chi connectivity index (χ3v) is 7.55. The predicted octanol–water partition coefficient (Wildman–Crippen LogP) is 2.64.